The van der Waals surface area contributed by atoms with Gasteiger partial charge in [-0.1, -0.05) is 43.2 Å². The van der Waals surface area contributed by atoms with Crippen LogP contribution in [0.2, 0.25) is 0 Å². The molecule has 10 heteroatoms. The van der Waals surface area contributed by atoms with Crippen LogP contribution in [0.4, 0.5) is 5.69 Å². The van der Waals surface area contributed by atoms with Gasteiger partial charge < -0.3 is 10.1 Å². The summed E-state index contributed by atoms with van der Waals surface area (Å²) < 4.78 is 5.40. The van der Waals surface area contributed by atoms with E-state index in [1.165, 1.54) is 5.06 Å². The molecule has 0 unspecified atom stereocenters. The molecule has 0 radical (unpaired) electrons. The van der Waals surface area contributed by atoms with Crippen molar-refractivity contribution in [3.63, 3.8) is 0 Å². The number of nitrogens with one attached hydrogen (secondary N) is 2. The van der Waals surface area contributed by atoms with Crippen molar-refractivity contribution in [3.8, 4) is 6.19 Å². The molecule has 2 aromatic rings. The fraction of sp³-hybridized carbons (Fsp3) is 0.481. The number of ether oxygens (including phenoxy) is 1. The van der Waals surface area contributed by atoms with Crippen molar-refractivity contribution in [2.75, 3.05) is 51.3 Å². The smallest absolute Gasteiger partial charge is 0.246 e. The Bertz CT molecular complexity index is 976. The highest BCUT2D eigenvalue weighted by atomic mass is 16.7. The van der Waals surface area contributed by atoms with Crippen molar-refractivity contribution in [2.45, 2.75) is 38.6 Å². The highest BCUT2D eigenvalue weighted by Crippen LogP contribution is 2.11. The topological polar surface area (TPSA) is 115 Å². The number of guanidine groups is 1. The van der Waals surface area contributed by atoms with E-state index in [4.69, 9.17) is 14.8 Å². The maximum absolute atomic E-state index is 12.9. The van der Waals surface area contributed by atoms with E-state index >= 15 is 0 Å². The number of hydrogen-bond acceptors (Lipinski definition) is 7. The van der Waals surface area contributed by atoms with Gasteiger partial charge in [-0.05, 0) is 30.5 Å². The zero-order chi connectivity index (χ0) is 26.0. The average Bonchev–Trinajstić information content (AvgIpc) is 2.93. The standard InChI is InChI=1S/C27H37N7O3/c28-23-31-27(32-25-11-14-29-15-12-25)30-13-7-2-1-6-10-26(35)34(22-24-8-4-3-5-9-24)37-21-18-33-16-19-36-20-17-33/h3-5,8-9,11-12,14-15H,1-2,6-7,10,13,16-22H2,(H2,29,30,31,32). The summed E-state index contributed by atoms with van der Waals surface area (Å²) in [5.41, 5.74) is 1.85. The minimum atomic E-state index is 0.00547. The normalized spacial score (nSPS) is 14.1. The minimum Gasteiger partial charge on any atom is -0.379 e. The quantitative estimate of drug-likeness (QED) is 0.100. The third-order valence-corrected chi connectivity index (χ3v) is 5.89. The second kappa shape index (κ2) is 17.0. The minimum absolute atomic E-state index is 0.00547. The molecule has 10 nitrogen and oxygen atoms in total. The number of anilines is 1. The molecule has 198 valence electrons. The van der Waals surface area contributed by atoms with Gasteiger partial charge in [0.05, 0.1) is 26.4 Å². The zero-order valence-corrected chi connectivity index (χ0v) is 21.3. The molecular weight excluding hydrogens is 470 g/mol. The van der Waals surface area contributed by atoms with Crippen molar-refractivity contribution in [2.24, 2.45) is 4.99 Å². The zero-order valence-electron chi connectivity index (χ0n) is 21.3. The van der Waals surface area contributed by atoms with Crippen molar-refractivity contribution in [3.05, 3.63) is 60.4 Å². The van der Waals surface area contributed by atoms with Crippen molar-refractivity contribution in [1.82, 2.24) is 20.3 Å². The number of unbranched alkanes of at least 4 members (excludes halogenated alkanes) is 3. The number of aromatic nitrogens is 1. The molecule has 1 aliphatic rings. The Hall–Kier alpha value is -3.52. The Balaban J connectivity index is 1.37. The maximum atomic E-state index is 12.9. The third kappa shape index (κ3) is 11.4. The van der Waals surface area contributed by atoms with E-state index in [0.717, 1.165) is 69.8 Å². The lowest BCUT2D eigenvalue weighted by atomic mass is 10.1. The fourth-order valence-corrected chi connectivity index (χ4v) is 3.85. The van der Waals surface area contributed by atoms with Crippen LogP contribution in [0.5, 0.6) is 0 Å². The van der Waals surface area contributed by atoms with Crippen LogP contribution in [0.1, 0.15) is 37.7 Å². The molecule has 2 heterocycles. The van der Waals surface area contributed by atoms with E-state index in [9.17, 15) is 4.79 Å². The van der Waals surface area contributed by atoms with Gasteiger partial charge in [-0.15, -0.1) is 0 Å². The third-order valence-electron chi connectivity index (χ3n) is 5.89. The lowest BCUT2D eigenvalue weighted by molar-refractivity contribution is -0.192. The molecule has 1 fully saturated rings. The molecule has 1 aromatic carbocycles. The van der Waals surface area contributed by atoms with Crippen LogP contribution in [0.15, 0.2) is 59.9 Å². The Labute approximate surface area is 219 Å². The number of amides is 1. The van der Waals surface area contributed by atoms with Crippen molar-refractivity contribution >= 4 is 17.6 Å². The van der Waals surface area contributed by atoms with Crippen LogP contribution < -0.4 is 10.6 Å². The summed E-state index contributed by atoms with van der Waals surface area (Å²) in [5, 5.41) is 16.1. The molecule has 0 atom stereocenters. The van der Waals surface area contributed by atoms with Gasteiger partial charge in [-0.25, -0.2) is 5.06 Å². The molecule has 1 aliphatic heterocycles. The molecular formula is C27H37N7O3. The number of aliphatic imine (C=N–C) groups is 1. The van der Waals surface area contributed by atoms with E-state index in [2.05, 4.69) is 25.5 Å². The number of carbonyl (C=O) groups is 1. The molecule has 2 N–H and O–H groups in total. The van der Waals surface area contributed by atoms with Gasteiger partial charge in [0.25, 0.3) is 0 Å². The van der Waals surface area contributed by atoms with Gasteiger partial charge in [-0.3, -0.25) is 29.8 Å². The van der Waals surface area contributed by atoms with E-state index in [1.807, 2.05) is 36.5 Å². The van der Waals surface area contributed by atoms with Crippen molar-refractivity contribution in [1.29, 1.82) is 5.26 Å². The average molecular weight is 508 g/mol. The predicted molar refractivity (Wildman–Crippen MR) is 142 cm³/mol. The lowest BCUT2D eigenvalue weighted by Gasteiger charge is -2.28. The first-order valence-electron chi connectivity index (χ1n) is 12.9. The van der Waals surface area contributed by atoms with Crippen LogP contribution >= 0.6 is 0 Å². The van der Waals surface area contributed by atoms with E-state index in [1.54, 1.807) is 24.5 Å². The summed E-state index contributed by atoms with van der Waals surface area (Å²) in [7, 11) is 0. The van der Waals surface area contributed by atoms with Crippen LogP contribution in [-0.4, -0.2) is 72.8 Å². The number of morpholine rings is 1. The number of pyridine rings is 1. The number of rotatable bonds is 14. The molecule has 0 saturated carbocycles. The summed E-state index contributed by atoms with van der Waals surface area (Å²) in [6.07, 6.45) is 9.21. The molecule has 37 heavy (non-hydrogen) atoms. The molecule has 1 amide bonds. The number of carbonyl (C=O) groups excluding carboxylic acids is 1. The van der Waals surface area contributed by atoms with Gasteiger partial charge in [0, 0.05) is 50.7 Å². The van der Waals surface area contributed by atoms with E-state index in [-0.39, 0.29) is 5.91 Å². The largest absolute Gasteiger partial charge is 0.379 e. The summed E-state index contributed by atoms with van der Waals surface area (Å²) in [5.74, 6) is 0.417. The van der Waals surface area contributed by atoms with Crippen LogP contribution in [0.3, 0.4) is 0 Å². The molecule has 0 aliphatic carbocycles. The maximum Gasteiger partial charge on any atom is 0.246 e. The Morgan fingerprint density at radius 1 is 1.11 bits per heavy atom. The first-order valence-corrected chi connectivity index (χ1v) is 12.9. The summed E-state index contributed by atoms with van der Waals surface area (Å²) in [6.45, 7) is 5.56. The number of nitriles is 1. The molecule has 3 rings (SSSR count). The van der Waals surface area contributed by atoms with E-state index < -0.39 is 0 Å². The monoisotopic (exact) mass is 507 g/mol. The molecule has 0 bridgehead atoms. The SMILES string of the molecule is N#CNC(=NCCCCCCC(=O)N(Cc1ccccc1)OCCN1CCOCC1)Nc1ccncc1. The molecule has 1 saturated heterocycles. The van der Waals surface area contributed by atoms with Gasteiger partial charge in [-0.2, -0.15) is 5.26 Å². The Morgan fingerprint density at radius 2 is 1.86 bits per heavy atom. The number of hydrogen-bond donors (Lipinski definition) is 2. The number of hydroxylamine groups is 2. The van der Waals surface area contributed by atoms with Crippen LogP contribution in [0.25, 0.3) is 0 Å². The van der Waals surface area contributed by atoms with Gasteiger partial charge >= 0.3 is 0 Å². The lowest BCUT2D eigenvalue weighted by Crippen LogP contribution is -2.40. The highest BCUT2D eigenvalue weighted by Gasteiger charge is 2.16. The highest BCUT2D eigenvalue weighted by molar-refractivity contribution is 5.94. The first-order chi connectivity index (χ1) is 18.2. The first kappa shape index (κ1) is 28.1. The number of benzene rings is 1. The van der Waals surface area contributed by atoms with E-state index in [0.29, 0.717) is 32.1 Å². The Kier molecular flexibility index (Phi) is 12.9. The Morgan fingerprint density at radius 3 is 2.62 bits per heavy atom. The molecule has 0 spiro atoms. The van der Waals surface area contributed by atoms with Crippen LogP contribution in [0, 0.1) is 11.5 Å². The molecule has 1 aromatic heterocycles. The predicted octanol–water partition coefficient (Wildman–Crippen LogP) is 3.16. The summed E-state index contributed by atoms with van der Waals surface area (Å²) >= 11 is 0. The van der Waals surface area contributed by atoms with Gasteiger partial charge in [0.15, 0.2) is 6.19 Å². The van der Waals surface area contributed by atoms with Crippen LogP contribution in [-0.2, 0) is 20.9 Å². The van der Waals surface area contributed by atoms with Crippen molar-refractivity contribution < 1.29 is 14.4 Å². The van der Waals surface area contributed by atoms with Gasteiger partial charge in [0.2, 0.25) is 11.9 Å². The van der Waals surface area contributed by atoms with Gasteiger partial charge in [0.1, 0.15) is 0 Å². The second-order valence-electron chi connectivity index (χ2n) is 8.70. The summed E-state index contributed by atoms with van der Waals surface area (Å²) in [6, 6.07) is 13.5. The second-order valence-corrected chi connectivity index (χ2v) is 8.70. The number of nitrogens with zero attached hydrogens (tertiary/aromatic N) is 5. The summed E-state index contributed by atoms with van der Waals surface area (Å²) in [4.78, 5) is 29.6. The fourth-order valence-electron chi connectivity index (χ4n) is 3.85.